The molecule has 1 unspecified atom stereocenters. The number of thiazole rings is 1. The molecule has 0 spiro atoms. The molecule has 1 atom stereocenters. The number of amides is 1. The average Bonchev–Trinajstić information content (AvgIpc) is 3.11. The summed E-state index contributed by atoms with van der Waals surface area (Å²) in [5, 5.41) is 5.44. The summed E-state index contributed by atoms with van der Waals surface area (Å²) in [5.74, 6) is 0.611. The Morgan fingerprint density at radius 1 is 1.57 bits per heavy atom. The third kappa shape index (κ3) is 3.30. The van der Waals surface area contributed by atoms with Crippen molar-refractivity contribution in [2.24, 2.45) is 0 Å². The minimum absolute atomic E-state index is 0.0859. The molecule has 7 heteroatoms. The topological polar surface area (TPSA) is 71.3 Å². The van der Waals surface area contributed by atoms with Crippen LogP contribution in [0.4, 0.5) is 5.13 Å². The second-order valence-corrected chi connectivity index (χ2v) is 6.10. The minimum Gasteiger partial charge on any atom is -0.449 e. The van der Waals surface area contributed by atoms with Gasteiger partial charge in [0.25, 0.3) is 0 Å². The SMILES string of the molecule is CC(=O)Nc1nc(C2CCCN2Cc2coc(C)n2)cs1. The van der Waals surface area contributed by atoms with Crippen molar-refractivity contribution < 1.29 is 9.21 Å². The maximum atomic E-state index is 11.1. The zero-order chi connectivity index (χ0) is 14.8. The van der Waals surface area contributed by atoms with Crippen molar-refractivity contribution >= 4 is 22.4 Å². The molecule has 1 fully saturated rings. The van der Waals surface area contributed by atoms with Gasteiger partial charge in [0.05, 0.1) is 17.4 Å². The van der Waals surface area contributed by atoms with Crippen molar-refractivity contribution in [1.29, 1.82) is 0 Å². The molecule has 3 heterocycles. The molecular weight excluding hydrogens is 288 g/mol. The lowest BCUT2D eigenvalue weighted by Gasteiger charge is -2.21. The second kappa shape index (κ2) is 5.95. The van der Waals surface area contributed by atoms with Crippen LogP contribution in [0.2, 0.25) is 0 Å². The predicted molar refractivity (Wildman–Crippen MR) is 80.0 cm³/mol. The second-order valence-electron chi connectivity index (χ2n) is 5.25. The van der Waals surface area contributed by atoms with Crippen molar-refractivity contribution in [3.63, 3.8) is 0 Å². The molecule has 1 aliphatic rings. The number of aromatic nitrogens is 2. The van der Waals surface area contributed by atoms with E-state index < -0.39 is 0 Å². The molecule has 1 saturated heterocycles. The van der Waals surface area contributed by atoms with Crippen LogP contribution in [0.15, 0.2) is 16.1 Å². The first-order valence-electron chi connectivity index (χ1n) is 7.00. The first kappa shape index (κ1) is 14.2. The highest BCUT2D eigenvalue weighted by molar-refractivity contribution is 7.13. The highest BCUT2D eigenvalue weighted by atomic mass is 32.1. The molecule has 0 saturated carbocycles. The minimum atomic E-state index is -0.0859. The Morgan fingerprint density at radius 3 is 3.14 bits per heavy atom. The fraction of sp³-hybridized carbons (Fsp3) is 0.500. The molecule has 112 valence electrons. The first-order chi connectivity index (χ1) is 10.1. The normalized spacial score (nSPS) is 19.0. The first-order valence-corrected chi connectivity index (χ1v) is 7.88. The van der Waals surface area contributed by atoms with E-state index in [2.05, 4.69) is 20.2 Å². The van der Waals surface area contributed by atoms with Gasteiger partial charge < -0.3 is 9.73 Å². The molecule has 0 bridgehead atoms. The lowest BCUT2D eigenvalue weighted by molar-refractivity contribution is -0.114. The third-order valence-corrected chi connectivity index (χ3v) is 4.32. The molecule has 0 aliphatic carbocycles. The van der Waals surface area contributed by atoms with E-state index in [1.807, 2.05) is 12.3 Å². The Hall–Kier alpha value is -1.73. The molecule has 21 heavy (non-hydrogen) atoms. The van der Waals surface area contributed by atoms with Gasteiger partial charge in [-0.2, -0.15) is 0 Å². The molecule has 0 aromatic carbocycles. The van der Waals surface area contributed by atoms with Crippen molar-refractivity contribution in [2.75, 3.05) is 11.9 Å². The Kier molecular flexibility index (Phi) is 4.03. The van der Waals surface area contributed by atoms with Crippen molar-refractivity contribution in [2.45, 2.75) is 39.3 Å². The molecule has 6 nitrogen and oxygen atoms in total. The number of hydrogen-bond donors (Lipinski definition) is 1. The zero-order valence-corrected chi connectivity index (χ0v) is 12.9. The van der Waals surface area contributed by atoms with E-state index in [1.54, 1.807) is 6.26 Å². The zero-order valence-electron chi connectivity index (χ0n) is 12.1. The molecular formula is C14H18N4O2S. The summed E-state index contributed by atoms with van der Waals surface area (Å²) in [7, 11) is 0. The number of hydrogen-bond acceptors (Lipinski definition) is 6. The van der Waals surface area contributed by atoms with Crippen LogP contribution in [-0.4, -0.2) is 27.3 Å². The Balaban J connectivity index is 1.71. The van der Waals surface area contributed by atoms with Gasteiger partial charge in [-0.25, -0.2) is 9.97 Å². The quantitative estimate of drug-likeness (QED) is 0.940. The molecule has 2 aromatic heterocycles. The van der Waals surface area contributed by atoms with Gasteiger partial charge in [-0.05, 0) is 19.4 Å². The van der Waals surface area contributed by atoms with Crippen molar-refractivity contribution in [3.8, 4) is 0 Å². The number of carbonyl (C=O) groups is 1. The Labute approximate surface area is 127 Å². The molecule has 3 rings (SSSR count). The van der Waals surface area contributed by atoms with Crippen LogP contribution in [-0.2, 0) is 11.3 Å². The van der Waals surface area contributed by atoms with Crippen LogP contribution < -0.4 is 5.32 Å². The lowest BCUT2D eigenvalue weighted by atomic mass is 10.1. The Morgan fingerprint density at radius 2 is 2.43 bits per heavy atom. The number of likely N-dealkylation sites (tertiary alicyclic amines) is 1. The fourth-order valence-electron chi connectivity index (χ4n) is 2.69. The largest absolute Gasteiger partial charge is 0.449 e. The number of aryl methyl sites for hydroxylation is 1. The van der Waals surface area contributed by atoms with Crippen LogP contribution in [0.3, 0.4) is 0 Å². The van der Waals surface area contributed by atoms with Gasteiger partial charge in [-0.3, -0.25) is 9.69 Å². The highest BCUT2D eigenvalue weighted by Gasteiger charge is 2.28. The van der Waals surface area contributed by atoms with E-state index in [-0.39, 0.29) is 5.91 Å². The summed E-state index contributed by atoms with van der Waals surface area (Å²) >= 11 is 1.47. The average molecular weight is 306 g/mol. The van der Waals surface area contributed by atoms with E-state index in [4.69, 9.17) is 4.42 Å². The molecule has 1 aliphatic heterocycles. The van der Waals surface area contributed by atoms with Crippen LogP contribution in [0.25, 0.3) is 0 Å². The smallest absolute Gasteiger partial charge is 0.223 e. The number of nitrogens with one attached hydrogen (secondary N) is 1. The number of rotatable bonds is 4. The summed E-state index contributed by atoms with van der Waals surface area (Å²) in [6.07, 6.45) is 3.95. The number of oxazole rings is 1. The van der Waals surface area contributed by atoms with Gasteiger partial charge in [-0.15, -0.1) is 11.3 Å². The number of carbonyl (C=O) groups excluding carboxylic acids is 1. The molecule has 1 N–H and O–H groups in total. The Bertz CT molecular complexity index is 636. The monoisotopic (exact) mass is 306 g/mol. The summed E-state index contributed by atoms with van der Waals surface area (Å²) in [4.78, 5) is 22.3. The summed E-state index contributed by atoms with van der Waals surface area (Å²) in [5.41, 5.74) is 1.98. The van der Waals surface area contributed by atoms with Gasteiger partial charge in [0.1, 0.15) is 6.26 Å². The number of anilines is 1. The standard InChI is InChI=1S/C14H18N4O2S/c1-9(19)15-14-17-12(8-21-14)13-4-3-5-18(13)6-11-7-20-10(2)16-11/h7-8,13H,3-6H2,1-2H3,(H,15,17,19). The van der Waals surface area contributed by atoms with E-state index in [9.17, 15) is 4.79 Å². The van der Waals surface area contributed by atoms with E-state index >= 15 is 0 Å². The van der Waals surface area contributed by atoms with Crippen LogP contribution in [0.1, 0.15) is 43.1 Å². The van der Waals surface area contributed by atoms with Crippen molar-refractivity contribution in [1.82, 2.24) is 14.9 Å². The summed E-state index contributed by atoms with van der Waals surface area (Å²) in [6.45, 7) is 5.15. The maximum Gasteiger partial charge on any atom is 0.223 e. The van der Waals surface area contributed by atoms with Crippen LogP contribution >= 0.6 is 11.3 Å². The van der Waals surface area contributed by atoms with E-state index in [0.717, 1.165) is 37.3 Å². The van der Waals surface area contributed by atoms with Crippen molar-refractivity contribution in [3.05, 3.63) is 28.9 Å². The predicted octanol–water partition coefficient (Wildman–Crippen LogP) is 2.74. The lowest BCUT2D eigenvalue weighted by Crippen LogP contribution is -2.23. The molecule has 2 aromatic rings. The van der Waals surface area contributed by atoms with Crippen LogP contribution in [0.5, 0.6) is 0 Å². The van der Waals surface area contributed by atoms with Gasteiger partial charge >= 0.3 is 0 Å². The van der Waals surface area contributed by atoms with E-state index in [1.165, 1.54) is 18.3 Å². The fourth-order valence-corrected chi connectivity index (χ4v) is 3.49. The molecule has 1 amide bonds. The maximum absolute atomic E-state index is 11.1. The number of nitrogens with zero attached hydrogens (tertiary/aromatic N) is 3. The van der Waals surface area contributed by atoms with Crippen LogP contribution in [0, 0.1) is 6.92 Å². The third-order valence-electron chi connectivity index (χ3n) is 3.54. The summed E-state index contributed by atoms with van der Waals surface area (Å²) in [6, 6.07) is 0.292. The highest BCUT2D eigenvalue weighted by Crippen LogP contribution is 2.34. The van der Waals surface area contributed by atoms with Gasteiger partial charge in [0.15, 0.2) is 11.0 Å². The van der Waals surface area contributed by atoms with Gasteiger partial charge in [0, 0.05) is 25.8 Å². The van der Waals surface area contributed by atoms with Gasteiger partial charge in [-0.1, -0.05) is 0 Å². The molecule has 0 radical (unpaired) electrons. The van der Waals surface area contributed by atoms with E-state index in [0.29, 0.717) is 17.1 Å². The van der Waals surface area contributed by atoms with Gasteiger partial charge in [0.2, 0.25) is 5.91 Å². The summed E-state index contributed by atoms with van der Waals surface area (Å²) < 4.78 is 5.26.